The summed E-state index contributed by atoms with van der Waals surface area (Å²) in [5, 5.41) is 2.35. The summed E-state index contributed by atoms with van der Waals surface area (Å²) in [5.74, 6) is -1.04. The molecule has 0 spiro atoms. The minimum Gasteiger partial charge on any atom is -0.293 e. The zero-order valence-corrected chi connectivity index (χ0v) is 16.6. The molecule has 0 radical (unpaired) electrons. The average Bonchev–Trinajstić information content (AvgIpc) is 2.82. The second-order valence-electron chi connectivity index (χ2n) is 7.26. The zero-order chi connectivity index (χ0) is 20.8. The van der Waals surface area contributed by atoms with E-state index < -0.39 is 5.92 Å². The maximum atomic E-state index is 13.1. The van der Waals surface area contributed by atoms with E-state index >= 15 is 0 Å². The molecule has 0 atom stereocenters. The fraction of sp³-hybridized carbons (Fsp3) is 0.0714. The van der Waals surface area contributed by atoms with Gasteiger partial charge in [-0.25, -0.2) is 0 Å². The van der Waals surface area contributed by atoms with Crippen LogP contribution in [-0.2, 0) is 0 Å². The molecule has 0 unspecified atom stereocenters. The van der Waals surface area contributed by atoms with Crippen molar-refractivity contribution in [1.29, 1.82) is 0 Å². The van der Waals surface area contributed by atoms with Crippen molar-refractivity contribution >= 4 is 28.4 Å². The molecule has 0 fully saturated rings. The standard InChI is InChI=1S/C28H22O2/c29-27(23-12-3-1-4-13-23)26(28(30)24-14-5-2-6-15-24)17-9-10-21-18-19-22-11-7-8-16-25(22)20-21/h1-16,18-20,26H,17H2. The lowest BCUT2D eigenvalue weighted by molar-refractivity contribution is 0.0809. The largest absolute Gasteiger partial charge is 0.293 e. The molecule has 0 aliphatic rings. The third-order valence-corrected chi connectivity index (χ3v) is 5.21. The molecule has 4 aromatic carbocycles. The summed E-state index contributed by atoms with van der Waals surface area (Å²) >= 11 is 0. The molecule has 0 N–H and O–H groups in total. The van der Waals surface area contributed by atoms with Crippen LogP contribution in [0.4, 0.5) is 0 Å². The molecule has 146 valence electrons. The molecule has 0 bridgehead atoms. The lowest BCUT2D eigenvalue weighted by atomic mass is 9.87. The topological polar surface area (TPSA) is 34.1 Å². The van der Waals surface area contributed by atoms with Crippen LogP contribution in [0.1, 0.15) is 32.7 Å². The van der Waals surface area contributed by atoms with E-state index in [1.54, 1.807) is 24.3 Å². The molecule has 0 aromatic heterocycles. The molecule has 0 aliphatic carbocycles. The van der Waals surface area contributed by atoms with E-state index in [4.69, 9.17) is 0 Å². The SMILES string of the molecule is O=C(c1ccccc1)C(CC=Cc1ccc2ccccc2c1)C(=O)c1ccccc1. The molecule has 2 nitrogen and oxygen atoms in total. The Hall–Kier alpha value is -3.78. The van der Waals surface area contributed by atoms with Gasteiger partial charge >= 0.3 is 0 Å². The maximum Gasteiger partial charge on any atom is 0.174 e. The Balaban J connectivity index is 1.59. The number of Topliss-reactive ketones (excluding diaryl/α,β-unsaturated/α-hetero) is 2. The summed E-state index contributed by atoms with van der Waals surface area (Å²) in [6.45, 7) is 0. The van der Waals surface area contributed by atoms with Crippen molar-refractivity contribution in [2.45, 2.75) is 6.42 Å². The van der Waals surface area contributed by atoms with Crippen molar-refractivity contribution in [3.63, 3.8) is 0 Å². The van der Waals surface area contributed by atoms with E-state index in [1.807, 2.05) is 66.7 Å². The van der Waals surface area contributed by atoms with Crippen LogP contribution in [0.2, 0.25) is 0 Å². The smallest absolute Gasteiger partial charge is 0.174 e. The van der Waals surface area contributed by atoms with Crippen molar-refractivity contribution in [1.82, 2.24) is 0 Å². The van der Waals surface area contributed by atoms with Crippen molar-refractivity contribution < 1.29 is 9.59 Å². The van der Waals surface area contributed by atoms with Gasteiger partial charge in [-0.2, -0.15) is 0 Å². The number of hydrogen-bond donors (Lipinski definition) is 0. The number of carbonyl (C=O) groups excluding carboxylic acids is 2. The van der Waals surface area contributed by atoms with Gasteiger partial charge in [-0.1, -0.05) is 109 Å². The van der Waals surface area contributed by atoms with Crippen molar-refractivity contribution in [2.75, 3.05) is 0 Å². The minimum absolute atomic E-state index is 0.146. The van der Waals surface area contributed by atoms with Gasteiger partial charge in [0.05, 0.1) is 5.92 Å². The van der Waals surface area contributed by atoms with E-state index in [2.05, 4.69) is 24.3 Å². The summed E-state index contributed by atoms with van der Waals surface area (Å²) in [6, 6.07) is 32.5. The van der Waals surface area contributed by atoms with E-state index in [0.717, 1.165) is 10.9 Å². The van der Waals surface area contributed by atoms with Crippen molar-refractivity contribution in [3.8, 4) is 0 Å². The number of allylic oxidation sites excluding steroid dienone is 1. The highest BCUT2D eigenvalue weighted by Crippen LogP contribution is 2.21. The molecule has 0 saturated carbocycles. The summed E-state index contributed by atoms with van der Waals surface area (Å²) in [4.78, 5) is 26.2. The third kappa shape index (κ3) is 4.44. The molecular weight excluding hydrogens is 368 g/mol. The second-order valence-corrected chi connectivity index (χ2v) is 7.26. The maximum absolute atomic E-state index is 13.1. The quantitative estimate of drug-likeness (QED) is 0.262. The summed E-state index contributed by atoms with van der Waals surface area (Å²) in [6.07, 6.45) is 4.26. The van der Waals surface area contributed by atoms with Crippen molar-refractivity contribution in [2.24, 2.45) is 5.92 Å². The van der Waals surface area contributed by atoms with Crippen LogP contribution in [0.15, 0.2) is 109 Å². The fourth-order valence-electron chi connectivity index (χ4n) is 3.59. The first-order valence-electron chi connectivity index (χ1n) is 10.1. The molecule has 2 heteroatoms. The van der Waals surface area contributed by atoms with Gasteiger partial charge in [0.25, 0.3) is 0 Å². The molecule has 0 saturated heterocycles. The van der Waals surface area contributed by atoms with Crippen LogP contribution in [0, 0.1) is 5.92 Å². The summed E-state index contributed by atoms with van der Waals surface area (Å²) < 4.78 is 0. The lowest BCUT2D eigenvalue weighted by Crippen LogP contribution is -2.24. The highest BCUT2D eigenvalue weighted by Gasteiger charge is 2.27. The zero-order valence-electron chi connectivity index (χ0n) is 16.6. The Morgan fingerprint density at radius 3 is 1.77 bits per heavy atom. The Morgan fingerprint density at radius 2 is 1.17 bits per heavy atom. The minimum atomic E-state index is -0.744. The van der Waals surface area contributed by atoms with Gasteiger partial charge in [0, 0.05) is 11.1 Å². The number of fused-ring (bicyclic) bond motifs is 1. The monoisotopic (exact) mass is 390 g/mol. The van der Waals surface area contributed by atoms with Crippen LogP contribution in [0.25, 0.3) is 16.8 Å². The van der Waals surface area contributed by atoms with E-state index in [-0.39, 0.29) is 11.6 Å². The Morgan fingerprint density at radius 1 is 0.633 bits per heavy atom. The molecule has 4 aromatic rings. The van der Waals surface area contributed by atoms with Gasteiger partial charge in [0.15, 0.2) is 11.6 Å². The van der Waals surface area contributed by atoms with Crippen LogP contribution in [-0.4, -0.2) is 11.6 Å². The molecule has 4 rings (SSSR count). The second kappa shape index (κ2) is 9.15. The van der Waals surface area contributed by atoms with E-state index in [9.17, 15) is 9.59 Å². The third-order valence-electron chi connectivity index (χ3n) is 5.21. The molecule has 0 heterocycles. The Kier molecular flexibility index (Phi) is 5.95. The number of carbonyl (C=O) groups is 2. The highest BCUT2D eigenvalue weighted by atomic mass is 16.2. The predicted octanol–water partition coefficient (Wildman–Crippen LogP) is 6.63. The molecule has 0 amide bonds. The molecule has 30 heavy (non-hydrogen) atoms. The fourth-order valence-corrected chi connectivity index (χ4v) is 3.59. The summed E-state index contributed by atoms with van der Waals surface area (Å²) in [5.41, 5.74) is 2.17. The predicted molar refractivity (Wildman–Crippen MR) is 123 cm³/mol. The normalized spacial score (nSPS) is 11.2. The average molecular weight is 390 g/mol. The molecular formula is C28H22O2. The van der Waals surface area contributed by atoms with Crippen molar-refractivity contribution in [3.05, 3.63) is 126 Å². The van der Waals surface area contributed by atoms with Crippen LogP contribution in [0.5, 0.6) is 0 Å². The van der Waals surface area contributed by atoms with Gasteiger partial charge in [-0.3, -0.25) is 9.59 Å². The number of benzene rings is 4. The first-order chi connectivity index (χ1) is 14.7. The van der Waals surface area contributed by atoms with E-state index in [0.29, 0.717) is 17.5 Å². The van der Waals surface area contributed by atoms with Gasteiger partial charge in [-0.05, 0) is 28.8 Å². The van der Waals surface area contributed by atoms with Crippen LogP contribution >= 0.6 is 0 Å². The van der Waals surface area contributed by atoms with Gasteiger partial charge < -0.3 is 0 Å². The van der Waals surface area contributed by atoms with Gasteiger partial charge in [-0.15, -0.1) is 0 Å². The first kappa shape index (κ1) is 19.5. The lowest BCUT2D eigenvalue weighted by Gasteiger charge is -2.13. The van der Waals surface area contributed by atoms with Crippen LogP contribution in [0.3, 0.4) is 0 Å². The molecule has 0 aliphatic heterocycles. The Labute approximate surface area is 176 Å². The first-order valence-corrected chi connectivity index (χ1v) is 10.1. The van der Waals surface area contributed by atoms with Crippen LogP contribution < -0.4 is 0 Å². The number of ketones is 2. The number of rotatable bonds is 7. The van der Waals surface area contributed by atoms with Gasteiger partial charge in [0.1, 0.15) is 0 Å². The summed E-state index contributed by atoms with van der Waals surface area (Å²) in [7, 11) is 0. The van der Waals surface area contributed by atoms with Gasteiger partial charge in [0.2, 0.25) is 0 Å². The van der Waals surface area contributed by atoms with E-state index in [1.165, 1.54) is 5.39 Å². The highest BCUT2D eigenvalue weighted by molar-refractivity contribution is 6.16. The number of hydrogen-bond acceptors (Lipinski definition) is 2. The Bertz CT molecular complexity index is 1140.